The summed E-state index contributed by atoms with van der Waals surface area (Å²) in [5.41, 5.74) is 3.18. The van der Waals surface area contributed by atoms with Crippen molar-refractivity contribution in [1.82, 2.24) is 9.97 Å². The van der Waals surface area contributed by atoms with Crippen LogP contribution in [0.25, 0.3) is 0 Å². The van der Waals surface area contributed by atoms with Crippen LogP contribution < -0.4 is 0 Å². The first-order valence-corrected chi connectivity index (χ1v) is 7.02. The Morgan fingerprint density at radius 3 is 1.00 bits per heavy atom. The summed E-state index contributed by atoms with van der Waals surface area (Å²) in [6.07, 6.45) is 7.34. The summed E-state index contributed by atoms with van der Waals surface area (Å²) in [5.74, 6) is 0. The van der Waals surface area contributed by atoms with E-state index in [9.17, 15) is 0 Å². The first-order valence-electron chi connectivity index (χ1n) is 7.02. The van der Waals surface area contributed by atoms with Gasteiger partial charge in [-0.05, 0) is 46.2 Å². The molecule has 0 saturated heterocycles. The third-order valence-corrected chi connectivity index (χ3v) is 3.09. The van der Waals surface area contributed by atoms with E-state index in [1.165, 1.54) is 11.1 Å². The van der Waals surface area contributed by atoms with Crippen LogP contribution in [0.3, 0.4) is 0 Å². The van der Waals surface area contributed by atoms with Gasteiger partial charge in [-0.3, -0.25) is 9.97 Å². The summed E-state index contributed by atoms with van der Waals surface area (Å²) >= 11 is 0. The zero-order valence-corrected chi connectivity index (χ0v) is 13.5. The Morgan fingerprint density at radius 2 is 0.850 bits per heavy atom. The molecule has 0 amide bonds. The minimum atomic E-state index is 0. The average molecular weight is 274 g/mol. The summed E-state index contributed by atoms with van der Waals surface area (Å²) in [4.78, 5) is 7.92. The fourth-order valence-corrected chi connectivity index (χ4v) is 1.70. The highest BCUT2D eigenvalue weighted by molar-refractivity contribution is 5.19. The van der Waals surface area contributed by atoms with Gasteiger partial charge in [0.25, 0.3) is 0 Å². The van der Waals surface area contributed by atoms with Crippen molar-refractivity contribution in [3.8, 4) is 0 Å². The molecule has 0 fully saturated rings. The van der Waals surface area contributed by atoms with Crippen molar-refractivity contribution in [2.24, 2.45) is 0 Å². The minimum absolute atomic E-state index is 0. The zero-order valence-electron chi connectivity index (χ0n) is 13.5. The number of nitrogens with zero attached hydrogens (tertiary/aromatic N) is 2. The normalized spacial score (nSPS) is 11.5. The highest BCUT2D eigenvalue weighted by Crippen LogP contribution is 2.20. The Morgan fingerprint density at radius 1 is 0.600 bits per heavy atom. The van der Waals surface area contributed by atoms with Crippen LogP contribution in [-0.4, -0.2) is 9.97 Å². The molecule has 0 radical (unpaired) electrons. The van der Waals surface area contributed by atoms with Crippen LogP contribution in [0.5, 0.6) is 0 Å². The van der Waals surface area contributed by atoms with Gasteiger partial charge in [0.05, 0.1) is 0 Å². The SMILES string of the molecule is CC(C)(C)c1ccncc1.CC(C)(C)c1ccncc1.[HH].[HH]. The minimum Gasteiger partial charge on any atom is -0.265 e. The summed E-state index contributed by atoms with van der Waals surface area (Å²) in [7, 11) is 0. The van der Waals surface area contributed by atoms with Crippen LogP contribution in [-0.2, 0) is 10.8 Å². The van der Waals surface area contributed by atoms with Gasteiger partial charge in [-0.25, -0.2) is 0 Å². The van der Waals surface area contributed by atoms with Crippen molar-refractivity contribution < 1.29 is 2.85 Å². The predicted octanol–water partition coefficient (Wildman–Crippen LogP) is 5.25. The number of pyridine rings is 2. The predicted molar refractivity (Wildman–Crippen MR) is 90.1 cm³/mol. The van der Waals surface area contributed by atoms with E-state index in [0.29, 0.717) is 0 Å². The molecule has 0 N–H and O–H groups in total. The molecule has 0 aliphatic heterocycles. The lowest BCUT2D eigenvalue weighted by atomic mass is 9.88. The molecule has 2 aromatic heterocycles. The van der Waals surface area contributed by atoms with E-state index < -0.39 is 0 Å². The van der Waals surface area contributed by atoms with Crippen molar-refractivity contribution >= 4 is 0 Å². The monoisotopic (exact) mass is 274 g/mol. The Kier molecular flexibility index (Phi) is 5.43. The molecule has 2 rings (SSSR count). The summed E-state index contributed by atoms with van der Waals surface area (Å²) in [6, 6.07) is 8.22. The molecule has 0 atom stereocenters. The molecule has 20 heavy (non-hydrogen) atoms. The molecule has 2 aromatic rings. The summed E-state index contributed by atoms with van der Waals surface area (Å²) < 4.78 is 0. The van der Waals surface area contributed by atoms with Crippen LogP contribution in [0.2, 0.25) is 0 Å². The van der Waals surface area contributed by atoms with E-state index >= 15 is 0 Å². The standard InChI is InChI=1S/2C9H13N.2H2/c2*1-9(2,3)8-4-6-10-7-5-8;;/h2*4-7H,1-3H3;2*1H. The lowest BCUT2D eigenvalue weighted by Crippen LogP contribution is -2.10. The molecule has 112 valence electrons. The molecule has 0 spiro atoms. The van der Waals surface area contributed by atoms with E-state index in [1.54, 1.807) is 0 Å². The first kappa shape index (κ1) is 16.4. The maximum absolute atomic E-state index is 3.96. The van der Waals surface area contributed by atoms with Gasteiger partial charge in [-0.2, -0.15) is 0 Å². The maximum atomic E-state index is 3.96. The number of hydrogen-bond donors (Lipinski definition) is 0. The van der Waals surface area contributed by atoms with Crippen molar-refractivity contribution in [3.63, 3.8) is 0 Å². The summed E-state index contributed by atoms with van der Waals surface area (Å²) in [5, 5.41) is 0. The number of aromatic nitrogens is 2. The largest absolute Gasteiger partial charge is 0.265 e. The second-order valence-electron chi connectivity index (χ2n) is 6.97. The van der Waals surface area contributed by atoms with Crippen LogP contribution in [0.4, 0.5) is 0 Å². The van der Waals surface area contributed by atoms with Crippen LogP contribution in [0.15, 0.2) is 49.1 Å². The molecule has 0 aromatic carbocycles. The molecule has 0 bridgehead atoms. The second-order valence-corrected chi connectivity index (χ2v) is 6.97. The van der Waals surface area contributed by atoms with E-state index in [0.717, 1.165) is 0 Å². The Hall–Kier alpha value is -1.70. The molecule has 2 heterocycles. The first-order chi connectivity index (χ1) is 9.21. The van der Waals surface area contributed by atoms with E-state index in [1.807, 2.05) is 24.8 Å². The van der Waals surface area contributed by atoms with Crippen molar-refractivity contribution in [3.05, 3.63) is 60.2 Å². The van der Waals surface area contributed by atoms with Gasteiger partial charge in [0.2, 0.25) is 0 Å². The average Bonchev–Trinajstić information content (AvgIpc) is 2.40. The van der Waals surface area contributed by atoms with Gasteiger partial charge in [-0.1, -0.05) is 41.5 Å². The summed E-state index contributed by atoms with van der Waals surface area (Å²) in [6.45, 7) is 13.2. The van der Waals surface area contributed by atoms with Crippen molar-refractivity contribution in [1.29, 1.82) is 0 Å². The molecule has 2 heteroatoms. The molecular weight excluding hydrogens is 244 g/mol. The zero-order chi connectivity index (χ0) is 15.2. The van der Waals surface area contributed by atoms with E-state index in [-0.39, 0.29) is 13.7 Å². The molecule has 0 unspecified atom stereocenters. The van der Waals surface area contributed by atoms with Crippen LogP contribution in [0.1, 0.15) is 55.5 Å². The van der Waals surface area contributed by atoms with Gasteiger partial charge in [0.15, 0.2) is 0 Å². The van der Waals surface area contributed by atoms with E-state index in [2.05, 4.69) is 75.8 Å². The van der Waals surface area contributed by atoms with Gasteiger partial charge in [-0.15, -0.1) is 0 Å². The van der Waals surface area contributed by atoms with Gasteiger partial charge >= 0.3 is 0 Å². The topological polar surface area (TPSA) is 25.8 Å². The molecular formula is C18H30N2. The van der Waals surface area contributed by atoms with Crippen molar-refractivity contribution in [2.75, 3.05) is 0 Å². The van der Waals surface area contributed by atoms with Crippen LogP contribution in [0, 0.1) is 0 Å². The van der Waals surface area contributed by atoms with E-state index in [4.69, 9.17) is 0 Å². The second kappa shape index (κ2) is 6.65. The fraction of sp³-hybridized carbons (Fsp3) is 0.444. The third-order valence-electron chi connectivity index (χ3n) is 3.09. The van der Waals surface area contributed by atoms with Gasteiger partial charge in [0, 0.05) is 27.6 Å². The lowest BCUT2D eigenvalue weighted by molar-refractivity contribution is 0.589. The maximum Gasteiger partial charge on any atom is 0.0270 e. The van der Waals surface area contributed by atoms with Crippen LogP contribution >= 0.6 is 0 Å². The fourth-order valence-electron chi connectivity index (χ4n) is 1.70. The van der Waals surface area contributed by atoms with Crippen molar-refractivity contribution in [2.45, 2.75) is 52.4 Å². The molecule has 0 saturated carbocycles. The molecule has 0 aliphatic rings. The highest BCUT2D eigenvalue weighted by atomic mass is 14.6. The molecule has 0 aliphatic carbocycles. The molecule has 2 nitrogen and oxygen atoms in total. The Bertz CT molecular complexity index is 451. The van der Waals surface area contributed by atoms with Gasteiger partial charge in [0.1, 0.15) is 0 Å². The smallest absolute Gasteiger partial charge is 0.0270 e. The number of rotatable bonds is 0. The third kappa shape index (κ3) is 5.52. The Labute approximate surface area is 126 Å². The van der Waals surface area contributed by atoms with Gasteiger partial charge < -0.3 is 0 Å². The Balaban J connectivity index is 0. The number of hydrogen-bond acceptors (Lipinski definition) is 2. The quantitative estimate of drug-likeness (QED) is 0.655. The highest BCUT2D eigenvalue weighted by Gasteiger charge is 2.12. The lowest BCUT2D eigenvalue weighted by Gasteiger charge is -2.17.